The van der Waals surface area contributed by atoms with Gasteiger partial charge in [0.1, 0.15) is 0 Å². The van der Waals surface area contributed by atoms with E-state index in [1.807, 2.05) is 6.33 Å². The van der Waals surface area contributed by atoms with Crippen LogP contribution in [0.4, 0.5) is 0 Å². The molecular weight excluding hydrogens is 198 g/mol. The molecule has 1 aromatic heterocycles. The van der Waals surface area contributed by atoms with Gasteiger partial charge in [-0.15, -0.1) is 0 Å². The van der Waals surface area contributed by atoms with E-state index in [9.17, 15) is 0 Å². The van der Waals surface area contributed by atoms with Crippen molar-refractivity contribution in [3.8, 4) is 0 Å². The Labute approximate surface area is 98.3 Å². The average molecular weight is 221 g/mol. The van der Waals surface area contributed by atoms with Crippen molar-refractivity contribution < 1.29 is 0 Å². The first-order valence-electron chi connectivity index (χ1n) is 6.55. The van der Waals surface area contributed by atoms with Gasteiger partial charge in [-0.05, 0) is 39.2 Å². The van der Waals surface area contributed by atoms with E-state index in [-0.39, 0.29) is 0 Å². The molecule has 1 heterocycles. The molecule has 0 radical (unpaired) electrons. The second-order valence-electron chi connectivity index (χ2n) is 4.77. The van der Waals surface area contributed by atoms with Crippen molar-refractivity contribution in [3.63, 3.8) is 0 Å². The quantitative estimate of drug-likeness (QED) is 0.825. The first-order valence-corrected chi connectivity index (χ1v) is 6.55. The van der Waals surface area contributed by atoms with Gasteiger partial charge >= 0.3 is 0 Å². The van der Waals surface area contributed by atoms with Crippen molar-refractivity contribution in [1.29, 1.82) is 0 Å². The Bertz CT molecular complexity index is 330. The van der Waals surface area contributed by atoms with Crippen LogP contribution in [0.2, 0.25) is 0 Å². The molecule has 0 bridgehead atoms. The van der Waals surface area contributed by atoms with Crippen molar-refractivity contribution >= 4 is 0 Å². The number of aryl methyl sites for hydroxylation is 1. The minimum atomic E-state index is 0.588. The SMILES string of the molecule is CCCC(Cn1cnc2c1CCCC2)NC. The maximum atomic E-state index is 4.54. The fourth-order valence-electron chi connectivity index (χ4n) is 2.60. The van der Waals surface area contributed by atoms with E-state index in [2.05, 4.69) is 28.8 Å². The third kappa shape index (κ3) is 2.46. The summed E-state index contributed by atoms with van der Waals surface area (Å²) in [4.78, 5) is 4.54. The van der Waals surface area contributed by atoms with Crippen molar-refractivity contribution in [2.24, 2.45) is 0 Å². The zero-order chi connectivity index (χ0) is 11.4. The van der Waals surface area contributed by atoms with Crippen LogP contribution in [0.25, 0.3) is 0 Å². The molecule has 1 aromatic rings. The first kappa shape index (κ1) is 11.6. The van der Waals surface area contributed by atoms with E-state index < -0.39 is 0 Å². The van der Waals surface area contributed by atoms with Gasteiger partial charge in [-0.2, -0.15) is 0 Å². The zero-order valence-electron chi connectivity index (χ0n) is 10.5. The first-order chi connectivity index (χ1) is 7.85. The van der Waals surface area contributed by atoms with Crippen LogP contribution < -0.4 is 5.32 Å². The molecule has 3 nitrogen and oxygen atoms in total. The summed E-state index contributed by atoms with van der Waals surface area (Å²) in [5.74, 6) is 0. The Morgan fingerprint density at radius 1 is 1.44 bits per heavy atom. The smallest absolute Gasteiger partial charge is 0.0952 e. The highest BCUT2D eigenvalue weighted by Crippen LogP contribution is 2.20. The van der Waals surface area contributed by atoms with Crippen molar-refractivity contribution in [1.82, 2.24) is 14.9 Å². The minimum Gasteiger partial charge on any atom is -0.333 e. The van der Waals surface area contributed by atoms with Gasteiger partial charge < -0.3 is 9.88 Å². The number of imidazole rings is 1. The molecule has 0 spiro atoms. The molecule has 1 aliphatic rings. The topological polar surface area (TPSA) is 29.9 Å². The molecule has 90 valence electrons. The summed E-state index contributed by atoms with van der Waals surface area (Å²) in [6, 6.07) is 0.588. The molecule has 0 saturated carbocycles. The zero-order valence-corrected chi connectivity index (χ0v) is 10.5. The molecule has 16 heavy (non-hydrogen) atoms. The molecular formula is C13H23N3. The molecule has 0 saturated heterocycles. The average Bonchev–Trinajstić information content (AvgIpc) is 2.72. The summed E-state index contributed by atoms with van der Waals surface area (Å²) in [5, 5.41) is 3.40. The number of nitrogens with zero attached hydrogens (tertiary/aromatic N) is 2. The highest BCUT2D eigenvalue weighted by molar-refractivity contribution is 5.16. The number of hydrogen-bond acceptors (Lipinski definition) is 2. The van der Waals surface area contributed by atoms with E-state index in [0.29, 0.717) is 6.04 Å². The Hall–Kier alpha value is -0.830. The predicted octanol–water partition coefficient (Wildman–Crippen LogP) is 2.15. The van der Waals surface area contributed by atoms with Crippen LogP contribution in [0, 0.1) is 0 Å². The lowest BCUT2D eigenvalue weighted by molar-refractivity contribution is 0.438. The lowest BCUT2D eigenvalue weighted by Gasteiger charge is -2.19. The van der Waals surface area contributed by atoms with Crippen LogP contribution in [0.5, 0.6) is 0 Å². The Morgan fingerprint density at radius 2 is 2.25 bits per heavy atom. The molecule has 3 heteroatoms. The van der Waals surface area contributed by atoms with Crippen molar-refractivity contribution in [2.75, 3.05) is 7.05 Å². The molecule has 0 amide bonds. The molecule has 1 unspecified atom stereocenters. The molecule has 0 aliphatic heterocycles. The lowest BCUT2D eigenvalue weighted by Crippen LogP contribution is -2.30. The van der Waals surface area contributed by atoms with Gasteiger partial charge in [-0.1, -0.05) is 13.3 Å². The molecule has 0 aromatic carbocycles. The van der Waals surface area contributed by atoms with Crippen LogP contribution in [-0.4, -0.2) is 22.6 Å². The number of fused-ring (bicyclic) bond motifs is 1. The Morgan fingerprint density at radius 3 is 3.00 bits per heavy atom. The van der Waals surface area contributed by atoms with E-state index >= 15 is 0 Å². The summed E-state index contributed by atoms with van der Waals surface area (Å²) >= 11 is 0. The molecule has 1 atom stereocenters. The Balaban J connectivity index is 2.05. The number of nitrogens with one attached hydrogen (secondary N) is 1. The minimum absolute atomic E-state index is 0.588. The van der Waals surface area contributed by atoms with E-state index in [1.54, 1.807) is 0 Å². The highest BCUT2D eigenvalue weighted by Gasteiger charge is 2.16. The number of aromatic nitrogens is 2. The standard InChI is InChI=1S/C13H23N3/c1-3-6-11(14-2)9-16-10-15-12-7-4-5-8-13(12)16/h10-11,14H,3-9H2,1-2H3. The molecule has 0 fully saturated rings. The normalized spacial score (nSPS) is 17.1. The largest absolute Gasteiger partial charge is 0.333 e. The molecule has 2 rings (SSSR count). The lowest BCUT2D eigenvalue weighted by atomic mass is 10.0. The maximum Gasteiger partial charge on any atom is 0.0952 e. The highest BCUT2D eigenvalue weighted by atomic mass is 15.1. The van der Waals surface area contributed by atoms with Gasteiger partial charge in [-0.25, -0.2) is 4.98 Å². The van der Waals surface area contributed by atoms with Crippen LogP contribution in [-0.2, 0) is 19.4 Å². The van der Waals surface area contributed by atoms with Gasteiger partial charge in [0.15, 0.2) is 0 Å². The van der Waals surface area contributed by atoms with E-state index in [1.165, 1.54) is 49.9 Å². The predicted molar refractivity (Wildman–Crippen MR) is 66.6 cm³/mol. The number of likely N-dealkylation sites (N-methyl/N-ethyl adjacent to an activating group) is 1. The van der Waals surface area contributed by atoms with Gasteiger partial charge in [0, 0.05) is 18.3 Å². The molecule has 1 aliphatic carbocycles. The summed E-state index contributed by atoms with van der Waals surface area (Å²) in [5.41, 5.74) is 2.83. The van der Waals surface area contributed by atoms with Crippen LogP contribution >= 0.6 is 0 Å². The van der Waals surface area contributed by atoms with Crippen molar-refractivity contribution in [2.45, 2.75) is 58.0 Å². The summed E-state index contributed by atoms with van der Waals surface area (Å²) in [7, 11) is 2.06. The number of rotatable bonds is 5. The summed E-state index contributed by atoms with van der Waals surface area (Å²) in [6.07, 6.45) is 9.56. The fourth-order valence-corrected chi connectivity index (χ4v) is 2.60. The Kier molecular flexibility index (Phi) is 3.99. The van der Waals surface area contributed by atoms with Crippen LogP contribution in [0.15, 0.2) is 6.33 Å². The van der Waals surface area contributed by atoms with E-state index in [4.69, 9.17) is 0 Å². The maximum absolute atomic E-state index is 4.54. The summed E-state index contributed by atoms with van der Waals surface area (Å²) in [6.45, 7) is 3.32. The van der Waals surface area contributed by atoms with Gasteiger partial charge in [-0.3, -0.25) is 0 Å². The monoisotopic (exact) mass is 221 g/mol. The van der Waals surface area contributed by atoms with Gasteiger partial charge in [0.2, 0.25) is 0 Å². The molecule has 1 N–H and O–H groups in total. The third-order valence-electron chi connectivity index (χ3n) is 3.57. The third-order valence-corrected chi connectivity index (χ3v) is 3.57. The van der Waals surface area contributed by atoms with Crippen LogP contribution in [0.3, 0.4) is 0 Å². The number of hydrogen-bond donors (Lipinski definition) is 1. The van der Waals surface area contributed by atoms with Crippen molar-refractivity contribution in [3.05, 3.63) is 17.7 Å². The van der Waals surface area contributed by atoms with Gasteiger partial charge in [0.05, 0.1) is 12.0 Å². The van der Waals surface area contributed by atoms with Gasteiger partial charge in [0.25, 0.3) is 0 Å². The van der Waals surface area contributed by atoms with E-state index in [0.717, 1.165) is 6.54 Å². The second kappa shape index (κ2) is 5.48. The fraction of sp³-hybridized carbons (Fsp3) is 0.769. The second-order valence-corrected chi connectivity index (χ2v) is 4.77. The van der Waals surface area contributed by atoms with Crippen LogP contribution in [0.1, 0.15) is 44.0 Å². The summed E-state index contributed by atoms with van der Waals surface area (Å²) < 4.78 is 2.37.